The Morgan fingerprint density at radius 1 is 1.26 bits per heavy atom. The predicted octanol–water partition coefficient (Wildman–Crippen LogP) is 1.99. The summed E-state index contributed by atoms with van der Waals surface area (Å²) in [6.07, 6.45) is 3.35. The van der Waals surface area contributed by atoms with E-state index in [2.05, 4.69) is 26.1 Å². The van der Waals surface area contributed by atoms with Crippen LogP contribution in [0, 0.1) is 5.92 Å². The van der Waals surface area contributed by atoms with Gasteiger partial charge < -0.3 is 10.1 Å². The molecule has 1 rings (SSSR count). The van der Waals surface area contributed by atoms with E-state index in [4.69, 9.17) is 4.74 Å². The summed E-state index contributed by atoms with van der Waals surface area (Å²) in [4.78, 5) is 0. The Morgan fingerprint density at radius 2 is 1.89 bits per heavy atom. The van der Waals surface area contributed by atoms with Crippen LogP contribution in [0.25, 0.3) is 0 Å². The molecule has 0 spiro atoms. The van der Waals surface area contributed by atoms with Crippen molar-refractivity contribution in [2.75, 3.05) is 25.5 Å². The molecule has 0 amide bonds. The van der Waals surface area contributed by atoms with Crippen LogP contribution in [0.2, 0.25) is 0 Å². The fourth-order valence-electron chi connectivity index (χ4n) is 2.46. The zero-order chi connectivity index (χ0) is 14.3. The molecule has 0 aliphatic carbocycles. The van der Waals surface area contributed by atoms with E-state index in [0.29, 0.717) is 32.0 Å². The first-order valence-corrected chi connectivity index (χ1v) is 9.25. The Bertz CT molecular complexity index is 337. The van der Waals surface area contributed by atoms with Gasteiger partial charge in [-0.05, 0) is 31.7 Å². The molecule has 1 fully saturated rings. The number of hydrogen-bond acceptors (Lipinski definition) is 4. The van der Waals surface area contributed by atoms with Gasteiger partial charge in [0.05, 0.1) is 11.0 Å². The highest BCUT2D eigenvalue weighted by Gasteiger charge is 2.31. The molecule has 0 bridgehead atoms. The van der Waals surface area contributed by atoms with Crippen LogP contribution >= 0.6 is 0 Å². The average molecular weight is 291 g/mol. The largest absolute Gasteiger partial charge is 0.381 e. The molecule has 5 heteroatoms. The van der Waals surface area contributed by atoms with Crippen LogP contribution < -0.4 is 5.32 Å². The lowest BCUT2D eigenvalue weighted by Gasteiger charge is -2.28. The molecule has 0 radical (unpaired) electrons. The molecule has 114 valence electrons. The summed E-state index contributed by atoms with van der Waals surface area (Å²) in [6, 6.07) is 0.0813. The van der Waals surface area contributed by atoms with Gasteiger partial charge in [-0.1, -0.05) is 27.2 Å². The lowest BCUT2D eigenvalue weighted by molar-refractivity contribution is 0.0983. The van der Waals surface area contributed by atoms with E-state index in [0.717, 1.165) is 19.4 Å². The zero-order valence-electron chi connectivity index (χ0n) is 12.5. The second-order valence-electron chi connectivity index (χ2n) is 5.59. The molecule has 0 saturated carbocycles. The van der Waals surface area contributed by atoms with Gasteiger partial charge in [-0.3, -0.25) is 0 Å². The summed E-state index contributed by atoms with van der Waals surface area (Å²) in [5.74, 6) is 0.660. The molecule has 1 aliphatic rings. The molecule has 1 heterocycles. The van der Waals surface area contributed by atoms with Crippen LogP contribution in [0.15, 0.2) is 0 Å². The highest BCUT2D eigenvalue weighted by Crippen LogP contribution is 2.20. The lowest BCUT2D eigenvalue weighted by atomic mass is 10.0. The Hall–Kier alpha value is -0.130. The summed E-state index contributed by atoms with van der Waals surface area (Å²) in [6.45, 7) is 8.41. The number of rotatable bonds is 8. The van der Waals surface area contributed by atoms with Crippen molar-refractivity contribution in [2.24, 2.45) is 5.92 Å². The molecular weight excluding hydrogens is 262 g/mol. The van der Waals surface area contributed by atoms with E-state index < -0.39 is 9.84 Å². The first-order valence-electron chi connectivity index (χ1n) is 7.54. The van der Waals surface area contributed by atoms with Crippen molar-refractivity contribution in [3.8, 4) is 0 Å². The monoisotopic (exact) mass is 291 g/mol. The van der Waals surface area contributed by atoms with Gasteiger partial charge in [0.15, 0.2) is 9.84 Å². The number of sulfone groups is 1. The topological polar surface area (TPSA) is 55.4 Å². The highest BCUT2D eigenvalue weighted by molar-refractivity contribution is 7.92. The van der Waals surface area contributed by atoms with Gasteiger partial charge in [0.25, 0.3) is 0 Å². The zero-order valence-corrected chi connectivity index (χ0v) is 13.3. The van der Waals surface area contributed by atoms with Crippen LogP contribution in [0.1, 0.15) is 46.5 Å². The van der Waals surface area contributed by atoms with Crippen molar-refractivity contribution in [3.05, 3.63) is 0 Å². The molecule has 2 atom stereocenters. The van der Waals surface area contributed by atoms with Crippen molar-refractivity contribution in [1.82, 2.24) is 5.32 Å². The molecule has 0 aromatic rings. The molecule has 1 saturated heterocycles. The third-order valence-electron chi connectivity index (χ3n) is 4.08. The summed E-state index contributed by atoms with van der Waals surface area (Å²) in [5.41, 5.74) is 0. The van der Waals surface area contributed by atoms with E-state index >= 15 is 0 Å². The summed E-state index contributed by atoms with van der Waals surface area (Å²) >= 11 is 0. The van der Waals surface area contributed by atoms with Gasteiger partial charge in [0, 0.05) is 19.3 Å². The fraction of sp³-hybridized carbons (Fsp3) is 1.00. The maximum atomic E-state index is 12.5. The van der Waals surface area contributed by atoms with Crippen molar-refractivity contribution in [3.63, 3.8) is 0 Å². The minimum absolute atomic E-state index is 0.0813. The van der Waals surface area contributed by atoms with Crippen LogP contribution in [-0.4, -0.2) is 45.2 Å². The third kappa shape index (κ3) is 5.40. The van der Waals surface area contributed by atoms with Crippen LogP contribution in [0.5, 0.6) is 0 Å². The SMILES string of the molecule is CCCNC(CS(=O)(=O)C1CCOCC1)C(C)CC. The van der Waals surface area contributed by atoms with Gasteiger partial charge in [-0.2, -0.15) is 0 Å². The fourth-order valence-corrected chi connectivity index (χ4v) is 4.59. The van der Waals surface area contributed by atoms with Crippen molar-refractivity contribution >= 4 is 9.84 Å². The Balaban J connectivity index is 2.64. The van der Waals surface area contributed by atoms with E-state index in [1.807, 2.05) is 0 Å². The third-order valence-corrected chi connectivity index (χ3v) is 6.39. The minimum Gasteiger partial charge on any atom is -0.381 e. The lowest BCUT2D eigenvalue weighted by Crippen LogP contribution is -2.44. The molecule has 1 N–H and O–H groups in total. The summed E-state index contributed by atoms with van der Waals surface area (Å²) in [5, 5.41) is 3.21. The molecular formula is C14H29NO3S. The summed E-state index contributed by atoms with van der Waals surface area (Å²) < 4.78 is 30.2. The van der Waals surface area contributed by atoms with Gasteiger partial charge in [0.1, 0.15) is 0 Å². The molecule has 4 nitrogen and oxygen atoms in total. The van der Waals surface area contributed by atoms with Gasteiger partial charge in [-0.15, -0.1) is 0 Å². The number of nitrogens with one attached hydrogen (secondary N) is 1. The number of ether oxygens (including phenoxy) is 1. The number of hydrogen-bond donors (Lipinski definition) is 1. The maximum absolute atomic E-state index is 12.5. The van der Waals surface area contributed by atoms with E-state index in [1.54, 1.807) is 0 Å². The van der Waals surface area contributed by atoms with Crippen molar-refractivity contribution in [2.45, 2.75) is 57.7 Å². The second-order valence-corrected chi connectivity index (χ2v) is 7.91. The molecule has 2 unspecified atom stereocenters. The van der Waals surface area contributed by atoms with Crippen LogP contribution in [-0.2, 0) is 14.6 Å². The molecule has 1 aliphatic heterocycles. The van der Waals surface area contributed by atoms with Crippen molar-refractivity contribution in [1.29, 1.82) is 0 Å². The Kier molecular flexibility index (Phi) is 7.32. The standard InChI is InChI=1S/C14H29NO3S/c1-4-8-15-14(12(3)5-2)11-19(16,17)13-6-9-18-10-7-13/h12-15H,4-11H2,1-3H3. The first kappa shape index (κ1) is 16.9. The molecule has 0 aromatic heterocycles. The Labute approximate surface area is 118 Å². The summed E-state index contributed by atoms with van der Waals surface area (Å²) in [7, 11) is -3.01. The van der Waals surface area contributed by atoms with E-state index in [1.165, 1.54) is 0 Å². The quantitative estimate of drug-likeness (QED) is 0.743. The van der Waals surface area contributed by atoms with E-state index in [-0.39, 0.29) is 17.0 Å². The Morgan fingerprint density at radius 3 is 2.42 bits per heavy atom. The second kappa shape index (κ2) is 8.22. The normalized spacial score (nSPS) is 21.2. The van der Waals surface area contributed by atoms with Crippen LogP contribution in [0.4, 0.5) is 0 Å². The first-order chi connectivity index (χ1) is 9.01. The molecule has 19 heavy (non-hydrogen) atoms. The van der Waals surface area contributed by atoms with Gasteiger partial charge in [0.2, 0.25) is 0 Å². The van der Waals surface area contributed by atoms with Crippen LogP contribution in [0.3, 0.4) is 0 Å². The predicted molar refractivity (Wildman–Crippen MR) is 79.2 cm³/mol. The minimum atomic E-state index is -3.01. The van der Waals surface area contributed by atoms with Crippen molar-refractivity contribution < 1.29 is 13.2 Å². The average Bonchev–Trinajstić information content (AvgIpc) is 2.43. The smallest absolute Gasteiger partial charge is 0.154 e. The van der Waals surface area contributed by atoms with E-state index in [9.17, 15) is 8.42 Å². The highest BCUT2D eigenvalue weighted by atomic mass is 32.2. The maximum Gasteiger partial charge on any atom is 0.154 e. The van der Waals surface area contributed by atoms with Gasteiger partial charge in [-0.25, -0.2) is 8.42 Å². The van der Waals surface area contributed by atoms with Gasteiger partial charge >= 0.3 is 0 Å². The molecule has 0 aromatic carbocycles.